The lowest BCUT2D eigenvalue weighted by Crippen LogP contribution is -2.37. The molecule has 17 heavy (non-hydrogen) atoms. The second-order valence-corrected chi connectivity index (χ2v) is 4.22. The van der Waals surface area contributed by atoms with Gasteiger partial charge in [0.05, 0.1) is 6.54 Å². The first kappa shape index (κ1) is 11.6. The number of carbonyl (C=O) groups is 2. The third kappa shape index (κ3) is 2.15. The number of aromatic nitrogens is 2. The summed E-state index contributed by atoms with van der Waals surface area (Å²) in [7, 11) is 3.15. The molecule has 92 valence electrons. The van der Waals surface area contributed by atoms with E-state index in [1.165, 1.54) is 4.90 Å². The van der Waals surface area contributed by atoms with Crippen molar-refractivity contribution in [3.8, 4) is 0 Å². The Labute approximate surface area is 99.4 Å². The predicted octanol–water partition coefficient (Wildman–Crippen LogP) is -0.284. The van der Waals surface area contributed by atoms with Crippen LogP contribution in [0, 0.1) is 0 Å². The van der Waals surface area contributed by atoms with Crippen molar-refractivity contribution in [1.29, 1.82) is 0 Å². The summed E-state index contributed by atoms with van der Waals surface area (Å²) >= 11 is 0. The summed E-state index contributed by atoms with van der Waals surface area (Å²) in [6, 6.07) is 0. The molecule has 0 fully saturated rings. The van der Waals surface area contributed by atoms with Crippen LogP contribution in [0.15, 0.2) is 0 Å². The summed E-state index contributed by atoms with van der Waals surface area (Å²) in [6.07, 6.45) is 2.90. The summed E-state index contributed by atoms with van der Waals surface area (Å²) in [5.74, 6) is -0.388. The zero-order valence-electron chi connectivity index (χ0n) is 10.0. The zero-order chi connectivity index (χ0) is 12.4. The highest BCUT2D eigenvalue weighted by atomic mass is 16.2. The van der Waals surface area contributed by atoms with Crippen LogP contribution in [0.3, 0.4) is 0 Å². The zero-order valence-corrected chi connectivity index (χ0v) is 10.0. The van der Waals surface area contributed by atoms with E-state index in [4.69, 9.17) is 0 Å². The molecule has 0 radical (unpaired) electrons. The monoisotopic (exact) mass is 236 g/mol. The average Bonchev–Trinajstić information content (AvgIpc) is 2.89. The van der Waals surface area contributed by atoms with Gasteiger partial charge in [0.15, 0.2) is 5.69 Å². The standard InChI is InChI=1S/C11H16N4O2/c1-12-9(16)6-15(2)11(17)10-7-4-3-5-8(7)13-14-10/h3-6H2,1-2H3,(H,12,16)(H,13,14). The number of aryl methyl sites for hydroxylation is 1. The first-order chi connectivity index (χ1) is 8.13. The number of likely N-dealkylation sites (N-methyl/N-ethyl adjacent to an activating group) is 2. The van der Waals surface area contributed by atoms with Crippen molar-refractivity contribution in [2.75, 3.05) is 20.6 Å². The molecule has 0 aliphatic heterocycles. The number of aromatic amines is 1. The predicted molar refractivity (Wildman–Crippen MR) is 61.6 cm³/mol. The average molecular weight is 236 g/mol. The van der Waals surface area contributed by atoms with Gasteiger partial charge in [-0.25, -0.2) is 0 Å². The molecule has 0 atom stereocenters. The van der Waals surface area contributed by atoms with Crippen LogP contribution in [0.5, 0.6) is 0 Å². The first-order valence-corrected chi connectivity index (χ1v) is 5.65. The van der Waals surface area contributed by atoms with E-state index in [9.17, 15) is 9.59 Å². The van der Waals surface area contributed by atoms with Crippen LogP contribution < -0.4 is 5.32 Å². The molecule has 0 saturated carbocycles. The lowest BCUT2D eigenvalue weighted by Gasteiger charge is -2.15. The molecule has 0 aromatic carbocycles. The normalized spacial score (nSPS) is 13.3. The van der Waals surface area contributed by atoms with Gasteiger partial charge in [-0.05, 0) is 19.3 Å². The fourth-order valence-corrected chi connectivity index (χ4v) is 2.04. The number of rotatable bonds is 3. The van der Waals surface area contributed by atoms with Crippen LogP contribution >= 0.6 is 0 Å². The Kier molecular flexibility index (Phi) is 3.12. The Hall–Kier alpha value is -1.85. The molecule has 0 spiro atoms. The summed E-state index contributed by atoms with van der Waals surface area (Å²) < 4.78 is 0. The Morgan fingerprint density at radius 1 is 1.47 bits per heavy atom. The van der Waals surface area contributed by atoms with Crippen LogP contribution in [-0.2, 0) is 17.6 Å². The van der Waals surface area contributed by atoms with E-state index in [1.807, 2.05) is 0 Å². The number of nitrogens with zero attached hydrogens (tertiary/aromatic N) is 2. The third-order valence-electron chi connectivity index (χ3n) is 3.02. The highest BCUT2D eigenvalue weighted by Crippen LogP contribution is 2.23. The summed E-state index contributed by atoms with van der Waals surface area (Å²) in [5.41, 5.74) is 2.53. The number of H-pyrrole nitrogens is 1. The second kappa shape index (κ2) is 4.57. The second-order valence-electron chi connectivity index (χ2n) is 4.22. The Morgan fingerprint density at radius 2 is 2.24 bits per heavy atom. The van der Waals surface area contributed by atoms with E-state index in [0.717, 1.165) is 30.5 Å². The molecule has 1 aromatic heterocycles. The number of hydrogen-bond acceptors (Lipinski definition) is 3. The summed E-state index contributed by atoms with van der Waals surface area (Å²) in [5, 5.41) is 9.42. The fraction of sp³-hybridized carbons (Fsp3) is 0.545. The smallest absolute Gasteiger partial charge is 0.274 e. The van der Waals surface area contributed by atoms with E-state index >= 15 is 0 Å². The van der Waals surface area contributed by atoms with Crippen molar-refractivity contribution in [2.45, 2.75) is 19.3 Å². The SMILES string of the molecule is CNC(=O)CN(C)C(=O)c1n[nH]c2c1CCC2. The maximum Gasteiger partial charge on any atom is 0.274 e. The van der Waals surface area contributed by atoms with Gasteiger partial charge in [-0.3, -0.25) is 14.7 Å². The van der Waals surface area contributed by atoms with Gasteiger partial charge in [0, 0.05) is 25.4 Å². The lowest BCUT2D eigenvalue weighted by atomic mass is 10.2. The third-order valence-corrected chi connectivity index (χ3v) is 3.02. The molecule has 6 nitrogen and oxygen atoms in total. The van der Waals surface area contributed by atoms with Gasteiger partial charge in [0.1, 0.15) is 0 Å². The minimum atomic E-state index is -0.201. The molecule has 1 aliphatic rings. The molecule has 2 amide bonds. The molecule has 2 N–H and O–H groups in total. The maximum atomic E-state index is 12.1. The van der Waals surface area contributed by atoms with E-state index < -0.39 is 0 Å². The van der Waals surface area contributed by atoms with E-state index in [0.29, 0.717) is 5.69 Å². The van der Waals surface area contributed by atoms with Crippen molar-refractivity contribution < 1.29 is 9.59 Å². The minimum Gasteiger partial charge on any atom is -0.358 e. The van der Waals surface area contributed by atoms with Crippen LogP contribution in [0.1, 0.15) is 28.2 Å². The van der Waals surface area contributed by atoms with Gasteiger partial charge in [-0.1, -0.05) is 0 Å². The van der Waals surface area contributed by atoms with Crippen LogP contribution in [-0.4, -0.2) is 47.6 Å². The topological polar surface area (TPSA) is 78.1 Å². The van der Waals surface area contributed by atoms with Crippen LogP contribution in [0.4, 0.5) is 0 Å². The molecule has 1 aromatic rings. The van der Waals surface area contributed by atoms with Crippen molar-refractivity contribution >= 4 is 11.8 Å². The Balaban J connectivity index is 2.11. The van der Waals surface area contributed by atoms with Gasteiger partial charge in [0.25, 0.3) is 5.91 Å². The van der Waals surface area contributed by atoms with E-state index in [2.05, 4.69) is 15.5 Å². The van der Waals surface area contributed by atoms with Crippen molar-refractivity contribution in [3.05, 3.63) is 17.0 Å². The van der Waals surface area contributed by atoms with Crippen LogP contribution in [0.2, 0.25) is 0 Å². The summed E-state index contributed by atoms with van der Waals surface area (Å²) in [4.78, 5) is 24.7. The molecule has 6 heteroatoms. The lowest BCUT2D eigenvalue weighted by molar-refractivity contribution is -0.121. The molecule has 2 rings (SSSR count). The Morgan fingerprint density at radius 3 is 2.94 bits per heavy atom. The first-order valence-electron chi connectivity index (χ1n) is 5.65. The van der Waals surface area contributed by atoms with Crippen molar-refractivity contribution in [2.24, 2.45) is 0 Å². The van der Waals surface area contributed by atoms with E-state index in [1.54, 1.807) is 14.1 Å². The number of nitrogens with one attached hydrogen (secondary N) is 2. The number of fused-ring (bicyclic) bond motifs is 1. The van der Waals surface area contributed by atoms with Gasteiger partial charge in [-0.15, -0.1) is 0 Å². The van der Waals surface area contributed by atoms with E-state index in [-0.39, 0.29) is 18.4 Å². The number of hydrogen-bond donors (Lipinski definition) is 2. The quantitative estimate of drug-likeness (QED) is 0.757. The van der Waals surface area contributed by atoms with Gasteiger partial charge < -0.3 is 10.2 Å². The van der Waals surface area contributed by atoms with Gasteiger partial charge in [-0.2, -0.15) is 5.10 Å². The molecular formula is C11H16N4O2. The molecule has 1 heterocycles. The van der Waals surface area contributed by atoms with Crippen molar-refractivity contribution in [3.63, 3.8) is 0 Å². The van der Waals surface area contributed by atoms with Crippen molar-refractivity contribution in [1.82, 2.24) is 20.4 Å². The minimum absolute atomic E-state index is 0.0525. The highest BCUT2D eigenvalue weighted by Gasteiger charge is 2.25. The van der Waals surface area contributed by atoms with Gasteiger partial charge in [0.2, 0.25) is 5.91 Å². The van der Waals surface area contributed by atoms with Gasteiger partial charge >= 0.3 is 0 Å². The highest BCUT2D eigenvalue weighted by molar-refractivity contribution is 5.96. The maximum absolute atomic E-state index is 12.1. The number of amides is 2. The molecule has 0 unspecified atom stereocenters. The molecule has 0 bridgehead atoms. The fourth-order valence-electron chi connectivity index (χ4n) is 2.04. The molecule has 1 aliphatic carbocycles. The Bertz CT molecular complexity index is 452. The molecule has 0 saturated heterocycles. The largest absolute Gasteiger partial charge is 0.358 e. The summed E-state index contributed by atoms with van der Waals surface area (Å²) in [6.45, 7) is 0.0525. The number of carbonyl (C=O) groups excluding carboxylic acids is 2. The van der Waals surface area contributed by atoms with Crippen LogP contribution in [0.25, 0.3) is 0 Å². The molecular weight excluding hydrogens is 220 g/mol.